The fraction of sp³-hybridized carbons (Fsp3) is 0.188. The number of ether oxygens (including phenoxy) is 1. The summed E-state index contributed by atoms with van der Waals surface area (Å²) >= 11 is 0. The van der Waals surface area contributed by atoms with Crippen LogP contribution in [0.15, 0.2) is 30.5 Å². The van der Waals surface area contributed by atoms with Gasteiger partial charge in [-0.2, -0.15) is 5.26 Å². The molecule has 0 fully saturated rings. The Morgan fingerprint density at radius 3 is 2.62 bits per heavy atom. The zero-order chi connectivity index (χ0) is 17.7. The van der Waals surface area contributed by atoms with Crippen LogP contribution in [0.5, 0.6) is 0 Å². The van der Waals surface area contributed by atoms with Gasteiger partial charge in [0, 0.05) is 24.8 Å². The van der Waals surface area contributed by atoms with Gasteiger partial charge >= 0.3 is 5.97 Å². The highest BCUT2D eigenvalue weighted by Gasteiger charge is 2.20. The predicted octanol–water partition coefficient (Wildman–Crippen LogP) is 1.30. The van der Waals surface area contributed by atoms with Gasteiger partial charge in [-0.1, -0.05) is 0 Å². The number of benzene rings is 1. The van der Waals surface area contributed by atoms with Gasteiger partial charge in [0.1, 0.15) is 11.9 Å². The molecule has 124 valence electrons. The van der Waals surface area contributed by atoms with Gasteiger partial charge in [0.05, 0.1) is 18.4 Å². The smallest absolute Gasteiger partial charge is 0.356 e. The molecule has 8 heteroatoms. The maximum Gasteiger partial charge on any atom is 0.356 e. The highest BCUT2D eigenvalue weighted by atomic mass is 19.1. The van der Waals surface area contributed by atoms with E-state index >= 15 is 0 Å². The molecule has 0 aliphatic carbocycles. The van der Waals surface area contributed by atoms with Crippen molar-refractivity contribution in [2.45, 2.75) is 6.54 Å². The van der Waals surface area contributed by atoms with E-state index in [4.69, 9.17) is 11.0 Å². The zero-order valence-corrected chi connectivity index (χ0v) is 12.9. The van der Waals surface area contributed by atoms with Crippen LogP contribution >= 0.6 is 0 Å². The van der Waals surface area contributed by atoms with Crippen molar-refractivity contribution < 1.29 is 18.7 Å². The summed E-state index contributed by atoms with van der Waals surface area (Å²) in [5, 5.41) is 11.6. The Balaban J connectivity index is 2.07. The molecule has 3 N–H and O–H groups in total. The fourth-order valence-electron chi connectivity index (χ4n) is 2.15. The monoisotopic (exact) mass is 330 g/mol. The van der Waals surface area contributed by atoms with Crippen molar-refractivity contribution in [3.05, 3.63) is 53.1 Å². The van der Waals surface area contributed by atoms with Gasteiger partial charge in [0.2, 0.25) is 0 Å². The van der Waals surface area contributed by atoms with E-state index < -0.39 is 11.8 Å². The van der Waals surface area contributed by atoms with Crippen LogP contribution < -0.4 is 11.1 Å². The second-order valence-corrected chi connectivity index (χ2v) is 4.86. The minimum Gasteiger partial charge on any atom is -0.464 e. The average molecular weight is 330 g/mol. The van der Waals surface area contributed by atoms with Gasteiger partial charge in [0.25, 0.3) is 5.91 Å². The summed E-state index contributed by atoms with van der Waals surface area (Å²) in [5.74, 6) is -1.48. The Morgan fingerprint density at radius 1 is 1.38 bits per heavy atom. The van der Waals surface area contributed by atoms with Crippen molar-refractivity contribution in [2.75, 3.05) is 19.4 Å². The molecule has 0 aliphatic heterocycles. The molecule has 0 radical (unpaired) electrons. The summed E-state index contributed by atoms with van der Waals surface area (Å²) in [4.78, 5) is 23.7. The molecule has 0 aliphatic rings. The second-order valence-electron chi connectivity index (χ2n) is 4.86. The minimum atomic E-state index is -0.668. The molecule has 1 aromatic heterocycles. The van der Waals surface area contributed by atoms with Crippen LogP contribution in [0.25, 0.3) is 0 Å². The van der Waals surface area contributed by atoms with Gasteiger partial charge in [-0.3, -0.25) is 4.79 Å². The van der Waals surface area contributed by atoms with E-state index in [-0.39, 0.29) is 35.9 Å². The molecule has 0 atom stereocenters. The first kappa shape index (κ1) is 17.0. The number of halogens is 1. The van der Waals surface area contributed by atoms with E-state index in [0.717, 1.165) is 0 Å². The van der Waals surface area contributed by atoms with Crippen molar-refractivity contribution in [3.8, 4) is 6.07 Å². The number of anilines is 1. The largest absolute Gasteiger partial charge is 0.464 e. The van der Waals surface area contributed by atoms with E-state index in [2.05, 4.69) is 10.1 Å². The summed E-state index contributed by atoms with van der Waals surface area (Å²) in [7, 11) is 1.21. The molecule has 1 aromatic carbocycles. The SMILES string of the molecule is COC(=O)c1c(N)c(C#N)cn1CCNC(=O)c1ccc(F)cc1. The molecule has 2 rings (SSSR count). The van der Waals surface area contributed by atoms with Crippen molar-refractivity contribution in [3.63, 3.8) is 0 Å². The van der Waals surface area contributed by atoms with E-state index in [9.17, 15) is 14.0 Å². The second kappa shape index (κ2) is 7.28. The summed E-state index contributed by atoms with van der Waals surface area (Å²) < 4.78 is 18.9. The summed E-state index contributed by atoms with van der Waals surface area (Å²) in [6.07, 6.45) is 1.42. The maximum absolute atomic E-state index is 12.8. The number of carbonyl (C=O) groups is 2. The lowest BCUT2D eigenvalue weighted by Gasteiger charge is -2.09. The number of nitrogens with one attached hydrogen (secondary N) is 1. The highest BCUT2D eigenvalue weighted by molar-refractivity contribution is 5.95. The predicted molar refractivity (Wildman–Crippen MR) is 83.6 cm³/mol. The van der Waals surface area contributed by atoms with Gasteiger partial charge in [0.15, 0.2) is 5.69 Å². The summed E-state index contributed by atoms with van der Waals surface area (Å²) in [6.45, 7) is 0.391. The number of methoxy groups -OCH3 is 1. The molecular formula is C16H15FN4O3. The molecular weight excluding hydrogens is 315 g/mol. The number of nitrogens with zero attached hydrogens (tertiary/aromatic N) is 2. The molecule has 0 bridgehead atoms. The molecule has 0 unspecified atom stereocenters. The normalized spacial score (nSPS) is 10.0. The molecule has 1 heterocycles. The molecule has 1 amide bonds. The lowest BCUT2D eigenvalue weighted by atomic mass is 10.2. The van der Waals surface area contributed by atoms with Crippen LogP contribution in [0, 0.1) is 17.1 Å². The Bertz CT molecular complexity index is 806. The van der Waals surface area contributed by atoms with E-state index in [1.807, 2.05) is 6.07 Å². The summed E-state index contributed by atoms with van der Waals surface area (Å²) in [6, 6.07) is 7.00. The third-order valence-electron chi connectivity index (χ3n) is 3.36. The number of hydrogen-bond donors (Lipinski definition) is 2. The molecule has 0 saturated heterocycles. The average Bonchev–Trinajstić information content (AvgIpc) is 2.90. The van der Waals surface area contributed by atoms with Crippen molar-refractivity contribution in [1.29, 1.82) is 5.26 Å². The quantitative estimate of drug-likeness (QED) is 0.803. The van der Waals surface area contributed by atoms with Gasteiger partial charge in [-0.05, 0) is 24.3 Å². The van der Waals surface area contributed by atoms with E-state index in [1.54, 1.807) is 0 Å². The zero-order valence-electron chi connectivity index (χ0n) is 12.9. The Morgan fingerprint density at radius 2 is 2.04 bits per heavy atom. The Labute approximate surface area is 137 Å². The number of esters is 1. The number of hydrogen-bond acceptors (Lipinski definition) is 5. The first-order chi connectivity index (χ1) is 11.5. The van der Waals surface area contributed by atoms with E-state index in [0.29, 0.717) is 5.56 Å². The third-order valence-corrected chi connectivity index (χ3v) is 3.36. The first-order valence-corrected chi connectivity index (χ1v) is 6.98. The molecule has 0 spiro atoms. The third kappa shape index (κ3) is 3.52. The van der Waals surface area contributed by atoms with Crippen LogP contribution in [0.2, 0.25) is 0 Å². The lowest BCUT2D eigenvalue weighted by molar-refractivity contribution is 0.0590. The number of carbonyl (C=O) groups excluding carboxylic acids is 2. The molecule has 7 nitrogen and oxygen atoms in total. The van der Waals surface area contributed by atoms with Crippen LogP contribution in [-0.2, 0) is 11.3 Å². The van der Waals surface area contributed by atoms with Gasteiger partial charge in [-0.15, -0.1) is 0 Å². The number of amides is 1. The first-order valence-electron chi connectivity index (χ1n) is 6.98. The maximum atomic E-state index is 12.8. The minimum absolute atomic E-state index is 0.0363. The molecule has 0 saturated carbocycles. The Kier molecular flexibility index (Phi) is 5.16. The van der Waals surface area contributed by atoms with Crippen LogP contribution in [-0.4, -0.2) is 30.1 Å². The highest BCUT2D eigenvalue weighted by Crippen LogP contribution is 2.20. The molecule has 2 aromatic rings. The Hall–Kier alpha value is -3.34. The van der Waals surface area contributed by atoms with Crippen molar-refractivity contribution in [2.24, 2.45) is 0 Å². The van der Waals surface area contributed by atoms with Gasteiger partial charge < -0.3 is 20.4 Å². The van der Waals surface area contributed by atoms with Crippen LogP contribution in [0.3, 0.4) is 0 Å². The van der Waals surface area contributed by atoms with Crippen LogP contribution in [0.1, 0.15) is 26.4 Å². The number of aromatic nitrogens is 1. The topological polar surface area (TPSA) is 110 Å². The number of nitriles is 1. The summed E-state index contributed by atoms with van der Waals surface area (Å²) in [5.41, 5.74) is 6.32. The van der Waals surface area contributed by atoms with Crippen LogP contribution in [0.4, 0.5) is 10.1 Å². The van der Waals surface area contributed by atoms with Crippen molar-refractivity contribution >= 4 is 17.6 Å². The molecule has 24 heavy (non-hydrogen) atoms. The number of rotatable bonds is 5. The fourth-order valence-corrected chi connectivity index (χ4v) is 2.15. The number of nitrogens with two attached hydrogens (primary N) is 1. The van der Waals surface area contributed by atoms with Gasteiger partial charge in [-0.25, -0.2) is 9.18 Å². The van der Waals surface area contributed by atoms with Crippen molar-refractivity contribution in [1.82, 2.24) is 9.88 Å². The lowest BCUT2D eigenvalue weighted by Crippen LogP contribution is -2.28. The van der Waals surface area contributed by atoms with E-state index in [1.165, 1.54) is 42.1 Å². The number of nitrogen functional groups attached to an aromatic ring is 1. The standard InChI is InChI=1S/C16H15FN4O3/c1-24-16(23)14-13(19)11(8-18)9-21(14)7-6-20-15(22)10-2-4-12(17)5-3-10/h2-5,9H,6-7,19H2,1H3,(H,20,22).